The molecule has 1 rings (SSSR count). The van der Waals surface area contributed by atoms with Gasteiger partial charge in [0.25, 0.3) is 0 Å². The summed E-state index contributed by atoms with van der Waals surface area (Å²) in [7, 11) is 3.19. The van der Waals surface area contributed by atoms with Gasteiger partial charge in [-0.2, -0.15) is 5.26 Å². The van der Waals surface area contributed by atoms with E-state index < -0.39 is 0 Å². The Balaban J connectivity index is 2.78. The van der Waals surface area contributed by atoms with Crippen molar-refractivity contribution in [1.29, 1.82) is 5.26 Å². The van der Waals surface area contributed by atoms with Crippen molar-refractivity contribution in [1.82, 2.24) is 4.98 Å². The molecule has 6 heteroatoms. The van der Waals surface area contributed by atoms with Crippen LogP contribution >= 0.6 is 11.3 Å². The highest BCUT2D eigenvalue weighted by molar-refractivity contribution is 7.17. The molecule has 16 heavy (non-hydrogen) atoms. The van der Waals surface area contributed by atoms with Crippen LogP contribution in [0.25, 0.3) is 0 Å². The van der Waals surface area contributed by atoms with Crippen molar-refractivity contribution < 1.29 is 9.53 Å². The number of carbonyl (C=O) groups is 1. The molecule has 1 aromatic heterocycles. The number of thiazole rings is 1. The molecule has 0 amide bonds. The largest absolute Gasteiger partial charge is 0.465 e. The van der Waals surface area contributed by atoms with Gasteiger partial charge in [0.05, 0.1) is 25.8 Å². The molecule has 0 fully saturated rings. The highest BCUT2D eigenvalue weighted by Gasteiger charge is 2.16. The molecule has 1 unspecified atom stereocenters. The minimum atomic E-state index is -0.384. The van der Waals surface area contributed by atoms with Crippen LogP contribution in [-0.2, 0) is 4.74 Å². The monoisotopic (exact) mass is 239 g/mol. The first-order chi connectivity index (χ1) is 7.60. The third-order valence-corrected chi connectivity index (χ3v) is 3.30. The first-order valence-corrected chi connectivity index (χ1v) is 5.55. The smallest absolute Gasteiger partial charge is 0.349 e. The van der Waals surface area contributed by atoms with Crippen molar-refractivity contribution in [2.75, 3.05) is 19.1 Å². The summed E-state index contributed by atoms with van der Waals surface area (Å²) >= 11 is 1.26. The van der Waals surface area contributed by atoms with Crippen LogP contribution in [-0.4, -0.2) is 31.2 Å². The van der Waals surface area contributed by atoms with Gasteiger partial charge in [-0.25, -0.2) is 9.78 Å². The lowest BCUT2D eigenvalue weighted by molar-refractivity contribution is 0.0606. The molecule has 5 nitrogen and oxygen atoms in total. The predicted octanol–water partition coefficient (Wildman–Crippen LogP) is 1.67. The van der Waals surface area contributed by atoms with E-state index in [0.717, 1.165) is 0 Å². The number of esters is 1. The number of hydrogen-bond acceptors (Lipinski definition) is 6. The fourth-order valence-electron chi connectivity index (χ4n) is 1.08. The molecule has 0 saturated carbocycles. The van der Waals surface area contributed by atoms with Gasteiger partial charge < -0.3 is 9.64 Å². The van der Waals surface area contributed by atoms with E-state index in [9.17, 15) is 4.79 Å². The number of aromatic nitrogens is 1. The highest BCUT2D eigenvalue weighted by atomic mass is 32.1. The molecule has 1 heterocycles. The van der Waals surface area contributed by atoms with E-state index in [-0.39, 0.29) is 12.0 Å². The average molecular weight is 239 g/mol. The van der Waals surface area contributed by atoms with Crippen molar-refractivity contribution in [2.24, 2.45) is 0 Å². The Morgan fingerprint density at radius 2 is 2.50 bits per heavy atom. The molecule has 86 valence electrons. The van der Waals surface area contributed by atoms with Gasteiger partial charge >= 0.3 is 5.97 Å². The number of hydrogen-bond donors (Lipinski definition) is 0. The lowest BCUT2D eigenvalue weighted by atomic mass is 10.2. The maximum absolute atomic E-state index is 11.2. The number of nitrogens with zero attached hydrogens (tertiary/aromatic N) is 3. The summed E-state index contributed by atoms with van der Waals surface area (Å²) in [6.45, 7) is 1.93. The number of carbonyl (C=O) groups excluding carboxylic acids is 1. The third-order valence-electron chi connectivity index (χ3n) is 2.23. The van der Waals surface area contributed by atoms with Gasteiger partial charge in [0.1, 0.15) is 4.88 Å². The fourth-order valence-corrected chi connectivity index (χ4v) is 1.98. The van der Waals surface area contributed by atoms with E-state index in [1.807, 2.05) is 18.9 Å². The van der Waals surface area contributed by atoms with Crippen LogP contribution in [0, 0.1) is 11.3 Å². The number of methoxy groups -OCH3 is 1. The minimum Gasteiger partial charge on any atom is -0.465 e. The molecule has 0 aliphatic rings. The van der Waals surface area contributed by atoms with Gasteiger partial charge in [0.2, 0.25) is 0 Å². The van der Waals surface area contributed by atoms with Crippen molar-refractivity contribution >= 4 is 22.4 Å². The average Bonchev–Trinajstić information content (AvgIpc) is 2.76. The van der Waals surface area contributed by atoms with Crippen molar-refractivity contribution in [3.05, 3.63) is 11.1 Å². The Morgan fingerprint density at radius 3 is 3.06 bits per heavy atom. The van der Waals surface area contributed by atoms with E-state index in [0.29, 0.717) is 16.4 Å². The maximum Gasteiger partial charge on any atom is 0.349 e. The SMILES string of the molecule is COC(=O)c1cnc(N(C)C(C)CC#N)s1. The summed E-state index contributed by atoms with van der Waals surface area (Å²) in [6, 6.07) is 2.17. The van der Waals surface area contributed by atoms with Crippen molar-refractivity contribution in [3.8, 4) is 6.07 Å². The van der Waals surface area contributed by atoms with Crippen molar-refractivity contribution in [3.63, 3.8) is 0 Å². The van der Waals surface area contributed by atoms with E-state index >= 15 is 0 Å². The Bertz CT molecular complexity index is 410. The van der Waals surface area contributed by atoms with Gasteiger partial charge in [-0.3, -0.25) is 0 Å². The van der Waals surface area contributed by atoms with Gasteiger partial charge in [0.15, 0.2) is 5.13 Å². The van der Waals surface area contributed by atoms with E-state index in [4.69, 9.17) is 5.26 Å². The Labute approximate surface area is 98.3 Å². The molecule has 0 aliphatic carbocycles. The van der Waals surface area contributed by atoms with Crippen LogP contribution in [0.5, 0.6) is 0 Å². The molecule has 0 aliphatic heterocycles. The van der Waals surface area contributed by atoms with E-state index in [1.54, 1.807) is 0 Å². The summed E-state index contributed by atoms with van der Waals surface area (Å²) in [5.41, 5.74) is 0. The summed E-state index contributed by atoms with van der Waals surface area (Å²) in [5, 5.41) is 9.31. The van der Waals surface area contributed by atoms with Crippen molar-refractivity contribution in [2.45, 2.75) is 19.4 Å². The van der Waals surface area contributed by atoms with Gasteiger partial charge in [-0.05, 0) is 6.92 Å². The lowest BCUT2D eigenvalue weighted by Gasteiger charge is -2.21. The minimum absolute atomic E-state index is 0.0710. The Morgan fingerprint density at radius 1 is 1.81 bits per heavy atom. The molecule has 0 radical (unpaired) electrons. The molecule has 0 aromatic carbocycles. The van der Waals surface area contributed by atoms with Crippen LogP contribution in [0.4, 0.5) is 5.13 Å². The zero-order valence-electron chi connectivity index (χ0n) is 9.43. The van der Waals surface area contributed by atoms with Crippen LogP contribution < -0.4 is 4.90 Å². The van der Waals surface area contributed by atoms with Crippen LogP contribution in [0.2, 0.25) is 0 Å². The number of ether oxygens (including phenoxy) is 1. The Kier molecular flexibility index (Phi) is 4.26. The fraction of sp³-hybridized carbons (Fsp3) is 0.500. The standard InChI is InChI=1S/C10H13N3O2S/c1-7(4-5-11)13(2)10-12-6-8(16-10)9(14)15-3/h6-7H,4H2,1-3H3. The third kappa shape index (κ3) is 2.70. The van der Waals surface area contributed by atoms with Gasteiger partial charge in [-0.1, -0.05) is 11.3 Å². The second kappa shape index (κ2) is 5.47. The molecule has 0 saturated heterocycles. The second-order valence-electron chi connectivity index (χ2n) is 3.32. The first kappa shape index (κ1) is 12.5. The summed E-state index contributed by atoms with van der Waals surface area (Å²) < 4.78 is 4.60. The number of anilines is 1. The van der Waals surface area contributed by atoms with E-state index in [2.05, 4.69) is 15.8 Å². The predicted molar refractivity (Wildman–Crippen MR) is 61.5 cm³/mol. The molecule has 1 atom stereocenters. The highest BCUT2D eigenvalue weighted by Crippen LogP contribution is 2.24. The van der Waals surface area contributed by atoms with E-state index in [1.165, 1.54) is 24.6 Å². The molecule has 0 N–H and O–H groups in total. The number of nitriles is 1. The quantitative estimate of drug-likeness (QED) is 0.748. The van der Waals surface area contributed by atoms with Crippen LogP contribution in [0.15, 0.2) is 6.20 Å². The second-order valence-corrected chi connectivity index (χ2v) is 4.33. The zero-order valence-corrected chi connectivity index (χ0v) is 10.2. The van der Waals surface area contributed by atoms with Gasteiger partial charge in [0, 0.05) is 13.1 Å². The molecular weight excluding hydrogens is 226 g/mol. The topological polar surface area (TPSA) is 66.2 Å². The normalized spacial score (nSPS) is 11.6. The summed E-state index contributed by atoms with van der Waals surface area (Å²) in [4.78, 5) is 17.7. The molecule has 0 spiro atoms. The molecule has 0 bridgehead atoms. The first-order valence-electron chi connectivity index (χ1n) is 4.74. The lowest BCUT2D eigenvalue weighted by Crippen LogP contribution is -2.28. The zero-order chi connectivity index (χ0) is 12.1. The summed E-state index contributed by atoms with van der Waals surface area (Å²) in [5.74, 6) is -0.384. The molecular formula is C10H13N3O2S. The Hall–Kier alpha value is -1.61. The maximum atomic E-state index is 11.2. The van der Waals surface area contributed by atoms with Crippen LogP contribution in [0.3, 0.4) is 0 Å². The van der Waals surface area contributed by atoms with Crippen LogP contribution in [0.1, 0.15) is 23.0 Å². The number of rotatable bonds is 4. The summed E-state index contributed by atoms with van der Waals surface area (Å²) in [6.07, 6.45) is 1.91. The van der Waals surface area contributed by atoms with Gasteiger partial charge in [-0.15, -0.1) is 0 Å². The molecule has 1 aromatic rings.